The van der Waals surface area contributed by atoms with E-state index >= 15 is 0 Å². The van der Waals surface area contributed by atoms with E-state index in [-0.39, 0.29) is 29.8 Å². The van der Waals surface area contributed by atoms with Crippen LogP contribution in [0.3, 0.4) is 0 Å². The molecule has 0 atom stereocenters. The molecule has 0 aliphatic heterocycles. The lowest BCUT2D eigenvalue weighted by Crippen LogP contribution is -2.27. The number of carbonyl (C=O) groups is 1. The molecule has 1 aromatic heterocycles. The van der Waals surface area contributed by atoms with Crippen LogP contribution in [0.5, 0.6) is 0 Å². The Bertz CT molecular complexity index is 686. The van der Waals surface area contributed by atoms with Gasteiger partial charge in [0.1, 0.15) is 11.6 Å². The number of benzene rings is 1. The van der Waals surface area contributed by atoms with Crippen LogP contribution in [0, 0.1) is 11.6 Å². The van der Waals surface area contributed by atoms with Crippen molar-refractivity contribution in [2.75, 3.05) is 13.2 Å². The number of hydrogen-bond donors (Lipinski definition) is 1. The highest BCUT2D eigenvalue weighted by molar-refractivity contribution is 5.78. The van der Waals surface area contributed by atoms with Gasteiger partial charge in [-0.05, 0) is 32.4 Å². The summed E-state index contributed by atoms with van der Waals surface area (Å²) in [5, 5.41) is 6.49. The van der Waals surface area contributed by atoms with Gasteiger partial charge in [-0.15, -0.1) is 0 Å². The summed E-state index contributed by atoms with van der Waals surface area (Å²) in [5.74, 6) is -1.47. The highest BCUT2D eigenvalue weighted by atomic mass is 19.1. The zero-order chi connectivity index (χ0) is 17.5. The van der Waals surface area contributed by atoms with E-state index in [2.05, 4.69) is 10.5 Å². The van der Waals surface area contributed by atoms with Crippen LogP contribution >= 0.6 is 0 Å². The average molecular weight is 338 g/mol. The van der Waals surface area contributed by atoms with Crippen LogP contribution in [0.15, 0.2) is 28.8 Å². The van der Waals surface area contributed by atoms with Crippen LogP contribution in [-0.2, 0) is 16.0 Å². The van der Waals surface area contributed by atoms with Crippen molar-refractivity contribution in [3.8, 4) is 11.3 Å². The van der Waals surface area contributed by atoms with E-state index in [0.29, 0.717) is 18.8 Å². The first-order chi connectivity index (χ1) is 11.5. The number of amides is 1. The molecule has 24 heavy (non-hydrogen) atoms. The first-order valence-electron chi connectivity index (χ1n) is 7.75. The van der Waals surface area contributed by atoms with E-state index in [1.165, 1.54) is 12.1 Å². The molecule has 0 aliphatic carbocycles. The molecule has 0 aliphatic rings. The smallest absolute Gasteiger partial charge is 0.226 e. The molecule has 5 nitrogen and oxygen atoms in total. The van der Waals surface area contributed by atoms with Crippen LogP contribution in [-0.4, -0.2) is 30.3 Å². The first-order valence-corrected chi connectivity index (χ1v) is 7.75. The summed E-state index contributed by atoms with van der Waals surface area (Å²) in [6.45, 7) is 4.98. The Balaban J connectivity index is 1.84. The number of carbonyl (C=O) groups excluding carboxylic acids is 1. The van der Waals surface area contributed by atoms with Gasteiger partial charge in [0.15, 0.2) is 5.76 Å². The van der Waals surface area contributed by atoms with E-state index in [1.807, 2.05) is 13.8 Å². The summed E-state index contributed by atoms with van der Waals surface area (Å²) in [6.07, 6.45) is 0.910. The SMILES string of the molecule is CC(C)OCCCNC(=O)Cc1cc(-c2ccc(F)cc2F)on1. The first kappa shape index (κ1) is 18.1. The van der Waals surface area contributed by atoms with Crippen molar-refractivity contribution in [1.82, 2.24) is 10.5 Å². The van der Waals surface area contributed by atoms with E-state index in [4.69, 9.17) is 9.26 Å². The largest absolute Gasteiger partial charge is 0.379 e. The van der Waals surface area contributed by atoms with E-state index in [1.54, 1.807) is 0 Å². The predicted molar refractivity (Wildman–Crippen MR) is 84.3 cm³/mol. The summed E-state index contributed by atoms with van der Waals surface area (Å²) in [7, 11) is 0. The Morgan fingerprint density at radius 1 is 1.33 bits per heavy atom. The molecule has 0 fully saturated rings. The van der Waals surface area contributed by atoms with Gasteiger partial charge < -0.3 is 14.6 Å². The highest BCUT2D eigenvalue weighted by Gasteiger charge is 2.14. The normalized spacial score (nSPS) is 11.0. The van der Waals surface area contributed by atoms with Crippen LogP contribution in [0.2, 0.25) is 0 Å². The van der Waals surface area contributed by atoms with Gasteiger partial charge in [-0.2, -0.15) is 0 Å². The molecule has 1 heterocycles. The van der Waals surface area contributed by atoms with Gasteiger partial charge in [0, 0.05) is 25.3 Å². The Morgan fingerprint density at radius 3 is 2.83 bits per heavy atom. The van der Waals surface area contributed by atoms with Crippen molar-refractivity contribution >= 4 is 5.91 Å². The van der Waals surface area contributed by atoms with Crippen molar-refractivity contribution in [1.29, 1.82) is 0 Å². The van der Waals surface area contributed by atoms with Crippen LogP contribution in [0.1, 0.15) is 26.0 Å². The maximum absolute atomic E-state index is 13.7. The van der Waals surface area contributed by atoms with Gasteiger partial charge >= 0.3 is 0 Å². The minimum Gasteiger partial charge on any atom is -0.379 e. The lowest BCUT2D eigenvalue weighted by Gasteiger charge is -2.07. The fraction of sp³-hybridized carbons (Fsp3) is 0.412. The van der Waals surface area contributed by atoms with Crippen LogP contribution in [0.25, 0.3) is 11.3 Å². The van der Waals surface area contributed by atoms with Gasteiger partial charge in [-0.25, -0.2) is 8.78 Å². The van der Waals surface area contributed by atoms with Crippen LogP contribution < -0.4 is 5.32 Å². The van der Waals surface area contributed by atoms with Crippen molar-refractivity contribution < 1.29 is 22.8 Å². The second kappa shape index (κ2) is 8.54. The van der Waals surface area contributed by atoms with Crippen molar-refractivity contribution in [2.24, 2.45) is 0 Å². The summed E-state index contributed by atoms with van der Waals surface area (Å²) in [5.41, 5.74) is 0.478. The monoisotopic (exact) mass is 338 g/mol. The van der Waals surface area contributed by atoms with Gasteiger partial charge in [0.05, 0.1) is 23.8 Å². The van der Waals surface area contributed by atoms with Gasteiger partial charge in [-0.1, -0.05) is 5.16 Å². The van der Waals surface area contributed by atoms with E-state index in [0.717, 1.165) is 18.6 Å². The standard InChI is InChI=1S/C17H20F2N2O3/c1-11(2)23-7-3-6-20-17(22)10-13-9-16(24-21-13)14-5-4-12(18)8-15(14)19/h4-5,8-9,11H,3,6-7,10H2,1-2H3,(H,20,22). The summed E-state index contributed by atoms with van der Waals surface area (Å²) in [4.78, 5) is 11.8. The molecular weight excluding hydrogens is 318 g/mol. The van der Waals surface area contributed by atoms with E-state index in [9.17, 15) is 13.6 Å². The zero-order valence-electron chi connectivity index (χ0n) is 13.6. The van der Waals surface area contributed by atoms with Gasteiger partial charge in [0.25, 0.3) is 0 Å². The molecule has 0 bridgehead atoms. The lowest BCUT2D eigenvalue weighted by molar-refractivity contribution is -0.120. The molecule has 0 saturated carbocycles. The lowest BCUT2D eigenvalue weighted by atomic mass is 10.1. The molecule has 2 aromatic rings. The number of ether oxygens (including phenoxy) is 1. The maximum atomic E-state index is 13.7. The second-order valence-electron chi connectivity index (χ2n) is 5.61. The van der Waals surface area contributed by atoms with Gasteiger partial charge in [0.2, 0.25) is 5.91 Å². The molecule has 0 radical (unpaired) electrons. The Labute approximate surface area is 139 Å². The predicted octanol–water partition coefficient (Wildman–Crippen LogP) is 3.09. The number of hydrogen-bond acceptors (Lipinski definition) is 4. The number of rotatable bonds is 8. The third kappa shape index (κ3) is 5.42. The fourth-order valence-electron chi connectivity index (χ4n) is 2.06. The highest BCUT2D eigenvalue weighted by Crippen LogP contribution is 2.24. The quantitative estimate of drug-likeness (QED) is 0.751. The molecule has 0 unspecified atom stereocenters. The molecule has 0 spiro atoms. The average Bonchev–Trinajstić information content (AvgIpc) is 2.94. The number of aromatic nitrogens is 1. The summed E-state index contributed by atoms with van der Waals surface area (Å²) < 4.78 is 37.0. The number of nitrogens with zero attached hydrogens (tertiary/aromatic N) is 1. The zero-order valence-corrected chi connectivity index (χ0v) is 13.6. The minimum atomic E-state index is -0.743. The van der Waals surface area contributed by atoms with Crippen molar-refractivity contribution in [2.45, 2.75) is 32.8 Å². The number of halogens is 2. The summed E-state index contributed by atoms with van der Waals surface area (Å²) >= 11 is 0. The minimum absolute atomic E-state index is 0.0252. The molecule has 0 saturated heterocycles. The topological polar surface area (TPSA) is 64.4 Å². The molecule has 7 heteroatoms. The van der Waals surface area contributed by atoms with Gasteiger partial charge in [-0.3, -0.25) is 4.79 Å². The third-order valence-corrected chi connectivity index (χ3v) is 3.19. The second-order valence-corrected chi connectivity index (χ2v) is 5.61. The molecule has 1 N–H and O–H groups in total. The Morgan fingerprint density at radius 2 is 2.12 bits per heavy atom. The molecule has 1 aromatic carbocycles. The molecule has 130 valence electrons. The summed E-state index contributed by atoms with van der Waals surface area (Å²) in [6, 6.07) is 4.64. The molecule has 1 amide bonds. The van der Waals surface area contributed by atoms with Crippen LogP contribution in [0.4, 0.5) is 8.78 Å². The number of nitrogens with one attached hydrogen (secondary N) is 1. The maximum Gasteiger partial charge on any atom is 0.226 e. The molecule has 2 rings (SSSR count). The fourth-order valence-corrected chi connectivity index (χ4v) is 2.06. The molecular formula is C17H20F2N2O3. The Hall–Kier alpha value is -2.28. The van der Waals surface area contributed by atoms with Crippen molar-refractivity contribution in [3.05, 3.63) is 41.6 Å². The van der Waals surface area contributed by atoms with E-state index < -0.39 is 11.6 Å². The van der Waals surface area contributed by atoms with Crippen molar-refractivity contribution in [3.63, 3.8) is 0 Å². The Kier molecular flexibility index (Phi) is 6.43. The third-order valence-electron chi connectivity index (χ3n) is 3.19.